The third-order valence-corrected chi connectivity index (χ3v) is 1.89. The highest BCUT2D eigenvalue weighted by Crippen LogP contribution is 2.15. The topological polar surface area (TPSA) is 79.2 Å². The van der Waals surface area contributed by atoms with Crippen LogP contribution in [0.5, 0.6) is 0 Å². The average molecular weight is 194 g/mol. The molecule has 0 radical (unpaired) electrons. The second-order valence-corrected chi connectivity index (χ2v) is 2.76. The second kappa shape index (κ2) is 6.28. The molecular weight excluding hydrogens is 176 g/mol. The van der Waals surface area contributed by atoms with E-state index in [0.29, 0.717) is 6.42 Å². The Labute approximate surface area is 77.9 Å². The van der Waals surface area contributed by atoms with Crippen LogP contribution in [-0.2, 0) is 9.47 Å². The predicted molar refractivity (Wildman–Crippen MR) is 46.2 cm³/mol. The fourth-order valence-electron chi connectivity index (χ4n) is 0.855. The van der Waals surface area contributed by atoms with Gasteiger partial charge < -0.3 is 24.8 Å². The van der Waals surface area contributed by atoms with E-state index in [1.54, 1.807) is 0 Å². The predicted octanol–water partition coefficient (Wildman–Crippen LogP) is -0.899. The number of aliphatic hydroxyl groups is 3. The molecule has 1 unspecified atom stereocenters. The summed E-state index contributed by atoms with van der Waals surface area (Å²) in [6.07, 6.45) is 0.154. The molecule has 0 aliphatic carbocycles. The Kier molecular flexibility index (Phi) is 6.19. The first-order valence-corrected chi connectivity index (χ1v) is 4.23. The SMILES string of the molecule is CCC(CO)OC(CO)(CO)OC. The van der Waals surface area contributed by atoms with Crippen LogP contribution in [0.3, 0.4) is 0 Å². The van der Waals surface area contributed by atoms with Gasteiger partial charge in [0.1, 0.15) is 0 Å². The summed E-state index contributed by atoms with van der Waals surface area (Å²) >= 11 is 0. The third kappa shape index (κ3) is 3.58. The van der Waals surface area contributed by atoms with Gasteiger partial charge in [-0.15, -0.1) is 0 Å². The Morgan fingerprint density at radius 1 is 1.23 bits per heavy atom. The number of ether oxygens (including phenoxy) is 2. The van der Waals surface area contributed by atoms with Crippen LogP contribution in [0.25, 0.3) is 0 Å². The maximum atomic E-state index is 8.92. The van der Waals surface area contributed by atoms with E-state index in [2.05, 4.69) is 0 Å². The first-order chi connectivity index (χ1) is 6.17. The zero-order valence-electron chi connectivity index (χ0n) is 8.06. The molecule has 0 aliphatic heterocycles. The normalized spacial score (nSPS) is 14.5. The van der Waals surface area contributed by atoms with Gasteiger partial charge >= 0.3 is 0 Å². The second-order valence-electron chi connectivity index (χ2n) is 2.76. The van der Waals surface area contributed by atoms with Crippen molar-refractivity contribution >= 4 is 0 Å². The van der Waals surface area contributed by atoms with E-state index in [1.807, 2.05) is 6.92 Å². The smallest absolute Gasteiger partial charge is 0.215 e. The minimum atomic E-state index is -1.40. The van der Waals surface area contributed by atoms with Crippen LogP contribution in [0.15, 0.2) is 0 Å². The van der Waals surface area contributed by atoms with E-state index >= 15 is 0 Å². The van der Waals surface area contributed by atoms with Gasteiger partial charge in [-0.2, -0.15) is 0 Å². The fourth-order valence-corrected chi connectivity index (χ4v) is 0.855. The summed E-state index contributed by atoms with van der Waals surface area (Å²) in [4.78, 5) is 0. The van der Waals surface area contributed by atoms with Crippen LogP contribution in [0, 0.1) is 0 Å². The summed E-state index contributed by atoms with van der Waals surface area (Å²) in [5, 5.41) is 26.7. The monoisotopic (exact) mass is 194 g/mol. The summed E-state index contributed by atoms with van der Waals surface area (Å²) in [5.41, 5.74) is 0. The van der Waals surface area contributed by atoms with Crippen molar-refractivity contribution in [1.82, 2.24) is 0 Å². The van der Waals surface area contributed by atoms with Crippen LogP contribution in [0.2, 0.25) is 0 Å². The molecule has 3 N–H and O–H groups in total. The summed E-state index contributed by atoms with van der Waals surface area (Å²) < 4.78 is 10.0. The Bertz CT molecular complexity index is 111. The maximum Gasteiger partial charge on any atom is 0.215 e. The molecule has 0 heterocycles. The lowest BCUT2D eigenvalue weighted by Crippen LogP contribution is -2.46. The van der Waals surface area contributed by atoms with Crippen molar-refractivity contribution in [2.45, 2.75) is 25.2 Å². The van der Waals surface area contributed by atoms with Gasteiger partial charge in [-0.05, 0) is 6.42 Å². The molecule has 0 saturated carbocycles. The van der Waals surface area contributed by atoms with Gasteiger partial charge in [0, 0.05) is 7.11 Å². The lowest BCUT2D eigenvalue weighted by atomic mass is 10.2. The van der Waals surface area contributed by atoms with Gasteiger partial charge in [-0.1, -0.05) is 6.92 Å². The quantitative estimate of drug-likeness (QED) is 0.458. The molecule has 0 aromatic carbocycles. The van der Waals surface area contributed by atoms with Crippen molar-refractivity contribution in [2.75, 3.05) is 26.9 Å². The molecule has 5 heteroatoms. The van der Waals surface area contributed by atoms with Crippen molar-refractivity contribution in [2.24, 2.45) is 0 Å². The molecule has 0 fully saturated rings. The van der Waals surface area contributed by atoms with Gasteiger partial charge in [0.05, 0.1) is 25.9 Å². The average Bonchev–Trinajstić information content (AvgIpc) is 2.21. The lowest BCUT2D eigenvalue weighted by molar-refractivity contribution is -0.282. The molecular formula is C8H18O5. The molecule has 0 rings (SSSR count). The Hall–Kier alpha value is -0.200. The third-order valence-electron chi connectivity index (χ3n) is 1.89. The first kappa shape index (κ1) is 12.8. The van der Waals surface area contributed by atoms with Gasteiger partial charge in [0.25, 0.3) is 0 Å². The van der Waals surface area contributed by atoms with Crippen molar-refractivity contribution in [3.8, 4) is 0 Å². The highest BCUT2D eigenvalue weighted by atomic mass is 16.7. The molecule has 5 nitrogen and oxygen atoms in total. The molecule has 0 saturated heterocycles. The van der Waals surface area contributed by atoms with E-state index in [1.165, 1.54) is 7.11 Å². The maximum absolute atomic E-state index is 8.92. The van der Waals surface area contributed by atoms with Crippen LogP contribution in [0.1, 0.15) is 13.3 Å². The van der Waals surface area contributed by atoms with E-state index in [4.69, 9.17) is 24.8 Å². The standard InChI is InChI=1S/C8H18O5/c1-3-7(4-9)13-8(5-10,6-11)12-2/h7,9-11H,3-6H2,1-2H3. The number of aliphatic hydroxyl groups excluding tert-OH is 3. The van der Waals surface area contributed by atoms with Crippen molar-refractivity contribution in [1.29, 1.82) is 0 Å². The highest BCUT2D eigenvalue weighted by molar-refractivity contribution is 4.69. The van der Waals surface area contributed by atoms with Crippen molar-refractivity contribution < 1.29 is 24.8 Å². The van der Waals surface area contributed by atoms with Crippen LogP contribution in [0.4, 0.5) is 0 Å². The van der Waals surface area contributed by atoms with Gasteiger partial charge in [0.15, 0.2) is 0 Å². The minimum Gasteiger partial charge on any atom is -0.394 e. The lowest BCUT2D eigenvalue weighted by Gasteiger charge is -2.31. The summed E-state index contributed by atoms with van der Waals surface area (Å²) in [6.45, 7) is 0.769. The molecule has 80 valence electrons. The first-order valence-electron chi connectivity index (χ1n) is 4.23. The molecule has 13 heavy (non-hydrogen) atoms. The van der Waals surface area contributed by atoms with E-state index in [9.17, 15) is 0 Å². The van der Waals surface area contributed by atoms with Crippen LogP contribution >= 0.6 is 0 Å². The van der Waals surface area contributed by atoms with Gasteiger partial charge in [-0.25, -0.2) is 0 Å². The van der Waals surface area contributed by atoms with Gasteiger partial charge in [0.2, 0.25) is 5.79 Å². The molecule has 0 aromatic rings. The molecule has 0 bridgehead atoms. The highest BCUT2D eigenvalue weighted by Gasteiger charge is 2.32. The van der Waals surface area contributed by atoms with E-state index < -0.39 is 25.1 Å². The fraction of sp³-hybridized carbons (Fsp3) is 1.00. The zero-order valence-corrected chi connectivity index (χ0v) is 8.06. The molecule has 0 aliphatic rings. The molecule has 0 amide bonds. The van der Waals surface area contributed by atoms with Crippen LogP contribution < -0.4 is 0 Å². The Morgan fingerprint density at radius 3 is 2.00 bits per heavy atom. The molecule has 1 atom stereocenters. The number of hydrogen-bond donors (Lipinski definition) is 3. The van der Waals surface area contributed by atoms with Crippen LogP contribution in [-0.4, -0.2) is 54.1 Å². The van der Waals surface area contributed by atoms with Crippen molar-refractivity contribution in [3.05, 3.63) is 0 Å². The minimum absolute atomic E-state index is 0.165. The Balaban J connectivity index is 4.21. The Morgan fingerprint density at radius 2 is 1.77 bits per heavy atom. The van der Waals surface area contributed by atoms with E-state index in [0.717, 1.165) is 0 Å². The summed E-state index contributed by atoms with van der Waals surface area (Å²) in [5.74, 6) is -1.40. The number of hydrogen-bond acceptors (Lipinski definition) is 5. The summed E-state index contributed by atoms with van der Waals surface area (Å²) in [7, 11) is 1.33. The van der Waals surface area contributed by atoms with Gasteiger partial charge in [-0.3, -0.25) is 0 Å². The number of methoxy groups -OCH3 is 1. The molecule has 0 aromatic heterocycles. The van der Waals surface area contributed by atoms with E-state index in [-0.39, 0.29) is 6.61 Å². The summed E-state index contributed by atoms with van der Waals surface area (Å²) in [6, 6.07) is 0. The zero-order chi connectivity index (χ0) is 10.3. The number of rotatable bonds is 7. The largest absolute Gasteiger partial charge is 0.394 e. The molecule has 0 spiro atoms. The van der Waals surface area contributed by atoms with Crippen molar-refractivity contribution in [3.63, 3.8) is 0 Å².